The van der Waals surface area contributed by atoms with Crippen molar-refractivity contribution in [3.05, 3.63) is 18.2 Å². The molecule has 1 aromatic heterocycles. The maximum atomic E-state index is 12.5. The van der Waals surface area contributed by atoms with E-state index in [1.807, 2.05) is 36.4 Å². The van der Waals surface area contributed by atoms with Crippen molar-refractivity contribution in [3.8, 4) is 0 Å². The number of aromatic nitrogens is 2. The molecule has 150 valence electrons. The van der Waals surface area contributed by atoms with Crippen molar-refractivity contribution in [1.29, 1.82) is 0 Å². The fraction of sp³-hybridized carbons (Fsp3) is 0.833. The van der Waals surface area contributed by atoms with Crippen LogP contribution in [0.25, 0.3) is 0 Å². The fourth-order valence-electron chi connectivity index (χ4n) is 3.19. The van der Waals surface area contributed by atoms with E-state index in [0.717, 1.165) is 25.2 Å². The van der Waals surface area contributed by atoms with Crippen molar-refractivity contribution in [2.24, 2.45) is 11.8 Å². The molecule has 0 saturated carbocycles. The molecule has 8 heteroatoms. The highest BCUT2D eigenvalue weighted by Crippen LogP contribution is 2.25. The summed E-state index contributed by atoms with van der Waals surface area (Å²) in [5, 5.41) is 0. The van der Waals surface area contributed by atoms with Gasteiger partial charge in [0.05, 0.1) is 24.6 Å². The predicted octanol–water partition coefficient (Wildman–Crippen LogP) is 3.22. The molecule has 5 nitrogen and oxygen atoms in total. The topological polar surface area (TPSA) is 56.1 Å². The van der Waals surface area contributed by atoms with Crippen LogP contribution in [0.5, 0.6) is 0 Å². The zero-order chi connectivity index (χ0) is 19.5. The summed E-state index contributed by atoms with van der Waals surface area (Å²) in [7, 11) is 0. The molecule has 1 unspecified atom stereocenters. The first-order chi connectivity index (χ1) is 12.1. The van der Waals surface area contributed by atoms with Crippen molar-refractivity contribution in [3.63, 3.8) is 0 Å². The summed E-state index contributed by atoms with van der Waals surface area (Å²) in [5.74, 6) is 0.614. The van der Waals surface area contributed by atoms with Gasteiger partial charge in [-0.25, -0.2) is 13.8 Å². The quantitative estimate of drug-likeness (QED) is 0.693. The summed E-state index contributed by atoms with van der Waals surface area (Å²) >= 11 is -1.17. The van der Waals surface area contributed by atoms with Gasteiger partial charge in [0.1, 0.15) is 4.75 Å². The lowest BCUT2D eigenvalue weighted by molar-refractivity contribution is 0.0975. The van der Waals surface area contributed by atoms with E-state index >= 15 is 0 Å². The number of alkyl halides is 2. The van der Waals surface area contributed by atoms with Crippen molar-refractivity contribution in [1.82, 2.24) is 19.2 Å². The number of likely N-dealkylation sites (tertiary alicyclic amines) is 1. The molecule has 1 aliphatic rings. The SMILES string of the molecule is CC(C)[C@H](N[S@@+]([O-])C(C)(C)C)c1cn(CC2CCN(CC(F)F)C2)cn1. The number of imidazole rings is 1. The molecule has 3 atom stereocenters. The van der Waals surface area contributed by atoms with E-state index in [0.29, 0.717) is 12.5 Å². The van der Waals surface area contributed by atoms with Gasteiger partial charge in [0, 0.05) is 30.6 Å². The number of hydrogen-bond donors (Lipinski definition) is 1. The Morgan fingerprint density at radius 2 is 2.08 bits per heavy atom. The van der Waals surface area contributed by atoms with E-state index in [2.05, 4.69) is 23.6 Å². The summed E-state index contributed by atoms with van der Waals surface area (Å²) in [6.07, 6.45) is 2.45. The van der Waals surface area contributed by atoms with Crippen LogP contribution in [0.3, 0.4) is 0 Å². The smallest absolute Gasteiger partial charge is 0.251 e. The van der Waals surface area contributed by atoms with Gasteiger partial charge in [-0.3, -0.25) is 4.90 Å². The molecule has 0 bridgehead atoms. The normalized spacial score (nSPS) is 21.7. The highest BCUT2D eigenvalue weighted by molar-refractivity contribution is 7.90. The maximum Gasteiger partial charge on any atom is 0.251 e. The predicted molar refractivity (Wildman–Crippen MR) is 101 cm³/mol. The van der Waals surface area contributed by atoms with E-state index < -0.39 is 17.8 Å². The molecule has 0 aliphatic carbocycles. The maximum absolute atomic E-state index is 12.5. The second-order valence-electron chi connectivity index (χ2n) is 8.52. The van der Waals surface area contributed by atoms with Crippen LogP contribution < -0.4 is 4.72 Å². The molecule has 1 N–H and O–H groups in total. The number of halogens is 2. The number of nitrogens with zero attached hydrogens (tertiary/aromatic N) is 3. The molecule has 2 rings (SSSR count). The lowest BCUT2D eigenvalue weighted by atomic mass is 10.0. The van der Waals surface area contributed by atoms with Gasteiger partial charge in [0.25, 0.3) is 6.43 Å². The van der Waals surface area contributed by atoms with Crippen molar-refractivity contribution in [2.45, 2.75) is 64.8 Å². The minimum Gasteiger partial charge on any atom is -0.598 e. The van der Waals surface area contributed by atoms with E-state index in [9.17, 15) is 13.3 Å². The Labute approximate surface area is 158 Å². The van der Waals surface area contributed by atoms with Crippen LogP contribution in [0.4, 0.5) is 8.78 Å². The van der Waals surface area contributed by atoms with Gasteiger partial charge in [-0.1, -0.05) is 13.8 Å². The summed E-state index contributed by atoms with van der Waals surface area (Å²) < 4.78 is 42.4. The van der Waals surface area contributed by atoms with Gasteiger partial charge in [-0.2, -0.15) is 0 Å². The van der Waals surface area contributed by atoms with Crippen LogP contribution >= 0.6 is 0 Å². The fourth-order valence-corrected chi connectivity index (χ4v) is 4.17. The first-order valence-corrected chi connectivity index (χ1v) is 10.4. The zero-order valence-electron chi connectivity index (χ0n) is 16.4. The van der Waals surface area contributed by atoms with Crippen LogP contribution in [0.2, 0.25) is 0 Å². The number of hydrogen-bond acceptors (Lipinski definition) is 4. The summed E-state index contributed by atoms with van der Waals surface area (Å²) in [4.78, 5) is 6.35. The Kier molecular flexibility index (Phi) is 7.47. The minimum atomic E-state index is -2.27. The Morgan fingerprint density at radius 3 is 2.65 bits per heavy atom. The number of rotatable bonds is 8. The highest BCUT2D eigenvalue weighted by atomic mass is 32.2. The van der Waals surface area contributed by atoms with Gasteiger partial charge < -0.3 is 9.12 Å². The van der Waals surface area contributed by atoms with Gasteiger partial charge in [-0.15, -0.1) is 4.72 Å². The van der Waals surface area contributed by atoms with Gasteiger partial charge >= 0.3 is 0 Å². The Hall–Kier alpha value is -0.700. The lowest BCUT2D eigenvalue weighted by Gasteiger charge is -2.28. The second kappa shape index (κ2) is 8.99. The van der Waals surface area contributed by atoms with Crippen LogP contribution in [0, 0.1) is 11.8 Å². The first kappa shape index (κ1) is 21.6. The summed E-state index contributed by atoms with van der Waals surface area (Å²) in [6, 6.07) is -0.0878. The Balaban J connectivity index is 1.96. The monoisotopic (exact) mass is 390 g/mol. The molecule has 0 radical (unpaired) electrons. The van der Waals surface area contributed by atoms with E-state index in [-0.39, 0.29) is 23.3 Å². The van der Waals surface area contributed by atoms with Gasteiger partial charge in [0.2, 0.25) is 0 Å². The first-order valence-electron chi connectivity index (χ1n) is 9.26. The molecule has 1 saturated heterocycles. The molecule has 2 heterocycles. The average Bonchev–Trinajstić information content (AvgIpc) is 3.12. The average molecular weight is 391 g/mol. The Morgan fingerprint density at radius 1 is 1.38 bits per heavy atom. The number of nitrogens with one attached hydrogen (secondary N) is 1. The lowest BCUT2D eigenvalue weighted by Crippen LogP contribution is -2.42. The molecular formula is C18H32F2N4OS. The highest BCUT2D eigenvalue weighted by Gasteiger charge is 2.32. The molecule has 1 aromatic rings. The third-order valence-electron chi connectivity index (χ3n) is 4.66. The van der Waals surface area contributed by atoms with Crippen molar-refractivity contribution >= 4 is 11.4 Å². The molecular weight excluding hydrogens is 358 g/mol. The van der Waals surface area contributed by atoms with Crippen LogP contribution in [0.1, 0.15) is 52.8 Å². The third-order valence-corrected chi connectivity index (χ3v) is 6.24. The van der Waals surface area contributed by atoms with Gasteiger partial charge in [-0.05, 0) is 45.6 Å². The van der Waals surface area contributed by atoms with E-state index in [4.69, 9.17) is 0 Å². The molecule has 0 aromatic carbocycles. The van der Waals surface area contributed by atoms with Crippen molar-refractivity contribution in [2.75, 3.05) is 19.6 Å². The van der Waals surface area contributed by atoms with E-state index in [1.54, 1.807) is 6.33 Å². The molecule has 1 aliphatic heterocycles. The molecule has 0 spiro atoms. The second-order valence-corrected chi connectivity index (χ2v) is 10.5. The molecule has 1 fully saturated rings. The minimum absolute atomic E-state index is 0.0878. The third kappa shape index (κ3) is 6.18. The van der Waals surface area contributed by atoms with Gasteiger partial charge in [0.15, 0.2) is 0 Å². The largest absolute Gasteiger partial charge is 0.598 e. The van der Waals surface area contributed by atoms with Crippen LogP contribution in [-0.4, -0.2) is 49.8 Å². The van der Waals surface area contributed by atoms with Crippen LogP contribution in [-0.2, 0) is 17.9 Å². The summed E-state index contributed by atoms with van der Waals surface area (Å²) in [6.45, 7) is 12.1. The Bertz CT molecular complexity index is 562. The molecule has 0 amide bonds. The van der Waals surface area contributed by atoms with Crippen molar-refractivity contribution < 1.29 is 13.3 Å². The zero-order valence-corrected chi connectivity index (χ0v) is 17.2. The summed E-state index contributed by atoms with van der Waals surface area (Å²) in [5.41, 5.74) is 0.875. The molecule has 26 heavy (non-hydrogen) atoms. The van der Waals surface area contributed by atoms with Crippen LogP contribution in [0.15, 0.2) is 12.5 Å². The standard InChI is InChI=1S/C18H32F2N4OS/c1-13(2)17(22-26(25)18(3,4)5)15-10-24(12-21-15)9-14-6-7-23(8-14)11-16(19)20/h10,12-14,16-17,22H,6-9,11H2,1-5H3/t14?,17-,26-/m0/s1. The van der Waals surface area contributed by atoms with E-state index in [1.165, 1.54) is 0 Å².